The molecule has 1 fully saturated rings. The molecule has 1 nitrogen and oxygen atoms in total. The Labute approximate surface area is 103 Å². The summed E-state index contributed by atoms with van der Waals surface area (Å²) in [6.45, 7) is 14.1. The van der Waals surface area contributed by atoms with E-state index < -0.39 is 8.32 Å². The van der Waals surface area contributed by atoms with E-state index in [2.05, 4.69) is 40.8 Å². The molecule has 0 bridgehead atoms. The van der Waals surface area contributed by atoms with Gasteiger partial charge in [0.15, 0.2) is 8.32 Å². The van der Waals surface area contributed by atoms with E-state index in [4.69, 9.17) is 4.43 Å². The molecule has 1 saturated carbocycles. The van der Waals surface area contributed by atoms with E-state index in [-0.39, 0.29) is 0 Å². The molecule has 0 saturated heterocycles. The first-order valence-corrected chi connectivity index (χ1v) is 9.85. The molecular weight excluding hydrogens is 212 g/mol. The van der Waals surface area contributed by atoms with Crippen LogP contribution in [0.5, 0.6) is 0 Å². The van der Waals surface area contributed by atoms with Gasteiger partial charge < -0.3 is 4.43 Å². The lowest BCUT2D eigenvalue weighted by atomic mass is 9.86. The minimum atomic E-state index is -1.52. The van der Waals surface area contributed by atoms with Crippen molar-refractivity contribution in [2.45, 2.75) is 84.0 Å². The van der Waals surface area contributed by atoms with Crippen LogP contribution in [0.25, 0.3) is 0 Å². The maximum absolute atomic E-state index is 6.47. The van der Waals surface area contributed by atoms with Crippen LogP contribution in [0.15, 0.2) is 0 Å². The predicted molar refractivity (Wildman–Crippen MR) is 74.3 cm³/mol. The smallest absolute Gasteiger partial charge is 0.192 e. The van der Waals surface area contributed by atoms with Gasteiger partial charge >= 0.3 is 0 Å². The maximum atomic E-state index is 6.47. The second kappa shape index (κ2) is 5.22. The molecule has 0 unspecified atom stereocenters. The van der Waals surface area contributed by atoms with E-state index in [1.807, 2.05) is 0 Å². The molecule has 0 atom stereocenters. The van der Waals surface area contributed by atoms with Crippen LogP contribution >= 0.6 is 0 Å². The Hall–Kier alpha value is 0.177. The van der Waals surface area contributed by atoms with Crippen molar-refractivity contribution in [2.24, 2.45) is 5.92 Å². The van der Waals surface area contributed by atoms with E-state index in [0.29, 0.717) is 11.1 Å². The second-order valence-corrected chi connectivity index (χ2v) is 11.7. The summed E-state index contributed by atoms with van der Waals surface area (Å²) in [5, 5.41) is 0.356. The van der Waals surface area contributed by atoms with Gasteiger partial charge in [0.05, 0.1) is 0 Å². The first kappa shape index (κ1) is 14.2. The van der Waals surface area contributed by atoms with Crippen LogP contribution in [-0.4, -0.2) is 14.4 Å². The average Bonchev–Trinajstić information content (AvgIpc) is 2.16. The quantitative estimate of drug-likeness (QED) is 0.634. The van der Waals surface area contributed by atoms with Gasteiger partial charge in [-0.3, -0.25) is 0 Å². The largest absolute Gasteiger partial charge is 0.414 e. The third kappa shape index (κ3) is 3.59. The third-order valence-electron chi connectivity index (χ3n) is 4.64. The van der Waals surface area contributed by atoms with Gasteiger partial charge in [-0.15, -0.1) is 0 Å². The molecule has 1 aliphatic rings. The zero-order chi connectivity index (χ0) is 12.4. The van der Waals surface area contributed by atoms with E-state index in [0.717, 1.165) is 5.92 Å². The molecule has 96 valence electrons. The summed E-state index contributed by atoms with van der Waals surface area (Å²) in [5.41, 5.74) is 0. The monoisotopic (exact) mass is 242 g/mol. The van der Waals surface area contributed by atoms with Crippen LogP contribution in [0.3, 0.4) is 0 Å². The van der Waals surface area contributed by atoms with E-state index in [9.17, 15) is 0 Å². The standard InChI is InChI=1S/C14H30OSi/c1-7-12-8-10-13(11-9-12)15-16(5,6)14(2,3)4/h12-13H,7-11H2,1-6H3. The lowest BCUT2D eigenvalue weighted by molar-refractivity contribution is 0.115. The van der Waals surface area contributed by atoms with Crippen molar-refractivity contribution in [3.63, 3.8) is 0 Å². The zero-order valence-electron chi connectivity index (χ0n) is 12.1. The lowest BCUT2D eigenvalue weighted by Crippen LogP contribution is -2.44. The van der Waals surface area contributed by atoms with Crippen molar-refractivity contribution < 1.29 is 4.43 Å². The fourth-order valence-electron chi connectivity index (χ4n) is 2.25. The predicted octanol–water partition coefficient (Wildman–Crippen LogP) is 4.98. The first-order valence-electron chi connectivity index (χ1n) is 6.94. The van der Waals surface area contributed by atoms with Gasteiger partial charge in [-0.2, -0.15) is 0 Å². The van der Waals surface area contributed by atoms with Crippen LogP contribution in [0.4, 0.5) is 0 Å². The van der Waals surface area contributed by atoms with Gasteiger partial charge in [-0.25, -0.2) is 0 Å². The van der Waals surface area contributed by atoms with Crippen LogP contribution in [0.2, 0.25) is 18.1 Å². The summed E-state index contributed by atoms with van der Waals surface area (Å²) in [6.07, 6.45) is 7.28. The lowest BCUT2D eigenvalue weighted by Gasteiger charge is -2.41. The Bertz CT molecular complexity index is 209. The highest BCUT2D eigenvalue weighted by Gasteiger charge is 2.39. The highest BCUT2D eigenvalue weighted by Crippen LogP contribution is 2.39. The van der Waals surface area contributed by atoms with Gasteiger partial charge in [-0.05, 0) is 49.7 Å². The normalized spacial score (nSPS) is 28.1. The fourth-order valence-corrected chi connectivity index (χ4v) is 3.67. The van der Waals surface area contributed by atoms with Crippen LogP contribution in [0.1, 0.15) is 59.8 Å². The summed E-state index contributed by atoms with van der Waals surface area (Å²) in [7, 11) is -1.52. The van der Waals surface area contributed by atoms with Crippen LogP contribution in [0, 0.1) is 5.92 Å². The first-order chi connectivity index (χ1) is 7.26. The molecule has 2 heteroatoms. The molecule has 1 rings (SSSR count). The Kier molecular flexibility index (Phi) is 4.64. The maximum Gasteiger partial charge on any atom is 0.192 e. The van der Waals surface area contributed by atoms with Gasteiger partial charge in [0.2, 0.25) is 0 Å². The van der Waals surface area contributed by atoms with Crippen molar-refractivity contribution in [3.05, 3.63) is 0 Å². The SMILES string of the molecule is CCC1CCC(O[Si](C)(C)C(C)(C)C)CC1. The summed E-state index contributed by atoms with van der Waals surface area (Å²) >= 11 is 0. The average molecular weight is 242 g/mol. The molecule has 0 aromatic heterocycles. The Morgan fingerprint density at radius 2 is 1.56 bits per heavy atom. The van der Waals surface area contributed by atoms with Crippen LogP contribution < -0.4 is 0 Å². The van der Waals surface area contributed by atoms with Crippen molar-refractivity contribution in [1.29, 1.82) is 0 Å². The Morgan fingerprint density at radius 1 is 1.06 bits per heavy atom. The van der Waals surface area contributed by atoms with Gasteiger partial charge in [-0.1, -0.05) is 34.1 Å². The molecule has 0 N–H and O–H groups in total. The second-order valence-electron chi connectivity index (χ2n) is 6.93. The molecule has 16 heavy (non-hydrogen) atoms. The molecule has 0 heterocycles. The number of hydrogen-bond donors (Lipinski definition) is 0. The number of rotatable bonds is 3. The Morgan fingerprint density at radius 3 is 1.94 bits per heavy atom. The molecule has 1 aliphatic carbocycles. The van der Waals surface area contributed by atoms with Gasteiger partial charge in [0.25, 0.3) is 0 Å². The van der Waals surface area contributed by atoms with E-state index in [1.165, 1.54) is 32.1 Å². The fraction of sp³-hybridized carbons (Fsp3) is 1.00. The minimum Gasteiger partial charge on any atom is -0.414 e. The van der Waals surface area contributed by atoms with Crippen LogP contribution in [-0.2, 0) is 4.43 Å². The van der Waals surface area contributed by atoms with Crippen molar-refractivity contribution in [2.75, 3.05) is 0 Å². The summed E-state index contributed by atoms with van der Waals surface area (Å²) in [6, 6.07) is 0. The van der Waals surface area contributed by atoms with Gasteiger partial charge in [0.1, 0.15) is 0 Å². The third-order valence-corrected chi connectivity index (χ3v) is 9.17. The number of hydrogen-bond acceptors (Lipinski definition) is 1. The topological polar surface area (TPSA) is 9.23 Å². The molecular formula is C14H30OSi. The van der Waals surface area contributed by atoms with Gasteiger partial charge in [0, 0.05) is 6.10 Å². The molecule has 0 amide bonds. The highest BCUT2D eigenvalue weighted by atomic mass is 28.4. The van der Waals surface area contributed by atoms with Crippen molar-refractivity contribution in [1.82, 2.24) is 0 Å². The zero-order valence-corrected chi connectivity index (χ0v) is 13.1. The Balaban J connectivity index is 2.45. The van der Waals surface area contributed by atoms with Crippen molar-refractivity contribution in [3.8, 4) is 0 Å². The summed E-state index contributed by atoms with van der Waals surface area (Å²) < 4.78 is 6.47. The molecule has 0 aromatic carbocycles. The minimum absolute atomic E-state index is 0.356. The molecule has 0 spiro atoms. The molecule has 0 radical (unpaired) electrons. The van der Waals surface area contributed by atoms with Crippen molar-refractivity contribution >= 4 is 8.32 Å². The molecule has 0 aromatic rings. The van der Waals surface area contributed by atoms with E-state index >= 15 is 0 Å². The van der Waals surface area contributed by atoms with E-state index in [1.54, 1.807) is 0 Å². The summed E-state index contributed by atoms with van der Waals surface area (Å²) in [5.74, 6) is 0.972. The highest BCUT2D eigenvalue weighted by molar-refractivity contribution is 6.74. The summed E-state index contributed by atoms with van der Waals surface area (Å²) in [4.78, 5) is 0. The molecule has 0 aliphatic heterocycles.